The fourth-order valence-corrected chi connectivity index (χ4v) is 6.61. The molecular weight excluding hydrogens is 642 g/mol. The second kappa shape index (κ2) is 15.5. The van der Waals surface area contributed by atoms with Gasteiger partial charge in [-0.05, 0) is 44.7 Å². The van der Waals surface area contributed by atoms with Crippen molar-refractivity contribution in [2.24, 2.45) is 5.92 Å². The van der Waals surface area contributed by atoms with E-state index in [0.717, 1.165) is 75.2 Å². The van der Waals surface area contributed by atoms with Gasteiger partial charge in [-0.25, -0.2) is 14.6 Å². The summed E-state index contributed by atoms with van der Waals surface area (Å²) in [6.45, 7) is 7.43. The van der Waals surface area contributed by atoms with Crippen LogP contribution in [0.4, 0.5) is 4.79 Å². The maximum Gasteiger partial charge on any atom is 0.330 e. The average Bonchev–Trinajstić information content (AvgIpc) is 3.60. The van der Waals surface area contributed by atoms with Gasteiger partial charge in [-0.1, -0.05) is 12.2 Å². The Labute approximate surface area is 291 Å². The van der Waals surface area contributed by atoms with Gasteiger partial charge in [0.15, 0.2) is 0 Å². The van der Waals surface area contributed by atoms with Crippen LogP contribution >= 0.6 is 0 Å². The summed E-state index contributed by atoms with van der Waals surface area (Å²) in [7, 11) is 3.30. The number of allylic oxidation sites excluding steroid dienone is 1. The number of hydrogen-bond acceptors (Lipinski definition) is 9. The van der Waals surface area contributed by atoms with Crippen LogP contribution in [0.3, 0.4) is 0 Å². The number of hydrogen-bond donors (Lipinski definition) is 3. The van der Waals surface area contributed by atoms with E-state index in [2.05, 4.69) is 20.6 Å². The number of urea groups is 1. The highest BCUT2D eigenvalue weighted by Crippen LogP contribution is 2.45. The third-order valence-corrected chi connectivity index (χ3v) is 9.90. The van der Waals surface area contributed by atoms with Gasteiger partial charge in [0.05, 0.1) is 50.9 Å². The van der Waals surface area contributed by atoms with Crippen molar-refractivity contribution in [3.05, 3.63) is 48.3 Å². The lowest BCUT2D eigenvalue weighted by Crippen LogP contribution is -2.55. The van der Waals surface area contributed by atoms with Crippen LogP contribution in [0.25, 0.3) is 22.2 Å². The standard InChI is InChI=1S/C36H47N7O7/c1-24-30(48-3)10-9-27-31(20-29(38-32(24)27)25-22-37-43(23-25)14-13-42-15-18-49-19-16-42)50-17-11-28-33(44)40-36(34(45)46)21-26(36)8-6-4-5-7-12-41(2)35(47)39-28/h6,8-10,20,22-23,26,28H,4-5,7,11-19,21H2,1-3H3,(H,39,47)(H,40,44)(H,45,46). The zero-order valence-electron chi connectivity index (χ0n) is 29.0. The summed E-state index contributed by atoms with van der Waals surface area (Å²) in [5.74, 6) is -0.699. The molecule has 3 aliphatic rings. The molecule has 3 aromatic rings. The minimum Gasteiger partial charge on any atom is -0.496 e. The van der Waals surface area contributed by atoms with Crippen LogP contribution in [0, 0.1) is 12.8 Å². The van der Waals surface area contributed by atoms with Crippen LogP contribution in [0.2, 0.25) is 0 Å². The molecule has 2 fully saturated rings. The van der Waals surface area contributed by atoms with Crippen molar-refractivity contribution < 1.29 is 33.7 Å². The number of carbonyl (C=O) groups is 3. The molecule has 50 heavy (non-hydrogen) atoms. The predicted octanol–water partition coefficient (Wildman–Crippen LogP) is 3.23. The molecule has 3 amide bonds. The summed E-state index contributed by atoms with van der Waals surface area (Å²) >= 11 is 0. The highest BCUT2D eigenvalue weighted by atomic mass is 16.5. The Morgan fingerprint density at radius 2 is 1.96 bits per heavy atom. The van der Waals surface area contributed by atoms with E-state index in [1.54, 1.807) is 25.3 Å². The molecular formula is C36H47N7O7. The van der Waals surface area contributed by atoms with Crippen LogP contribution in [-0.2, 0) is 20.9 Å². The number of carbonyl (C=O) groups excluding carboxylic acids is 2. The maximum atomic E-state index is 13.6. The third-order valence-electron chi connectivity index (χ3n) is 9.90. The van der Waals surface area contributed by atoms with Gasteiger partial charge in [-0.3, -0.25) is 14.4 Å². The number of ether oxygens (including phenoxy) is 3. The Morgan fingerprint density at radius 3 is 2.74 bits per heavy atom. The van der Waals surface area contributed by atoms with E-state index in [1.165, 1.54) is 0 Å². The van der Waals surface area contributed by atoms with E-state index < -0.39 is 29.5 Å². The first kappa shape index (κ1) is 35.1. The molecule has 3 unspecified atom stereocenters. The molecule has 2 aromatic heterocycles. The molecule has 3 atom stereocenters. The molecule has 1 aromatic carbocycles. The zero-order valence-corrected chi connectivity index (χ0v) is 29.0. The van der Waals surface area contributed by atoms with Crippen LogP contribution in [-0.4, -0.2) is 119 Å². The number of aromatic nitrogens is 3. The number of pyridine rings is 1. The molecule has 14 heteroatoms. The maximum absolute atomic E-state index is 13.6. The molecule has 14 nitrogen and oxygen atoms in total. The van der Waals surface area contributed by atoms with Crippen molar-refractivity contribution in [2.45, 2.75) is 57.2 Å². The van der Waals surface area contributed by atoms with E-state index in [4.69, 9.17) is 19.2 Å². The molecule has 3 N–H and O–H groups in total. The normalized spacial score (nSPS) is 23.5. The summed E-state index contributed by atoms with van der Waals surface area (Å²) in [4.78, 5) is 47.9. The van der Waals surface area contributed by atoms with Gasteiger partial charge in [0.1, 0.15) is 23.1 Å². The Kier molecular flexibility index (Phi) is 10.9. The minimum absolute atomic E-state index is 0.0634. The summed E-state index contributed by atoms with van der Waals surface area (Å²) in [6, 6.07) is 4.19. The smallest absolute Gasteiger partial charge is 0.330 e. The number of carboxylic acids is 1. The topological polar surface area (TPSA) is 160 Å². The fourth-order valence-electron chi connectivity index (χ4n) is 6.61. The van der Waals surface area contributed by atoms with E-state index in [1.807, 2.05) is 48.2 Å². The fraction of sp³-hybridized carbons (Fsp3) is 0.528. The van der Waals surface area contributed by atoms with Crippen molar-refractivity contribution in [1.29, 1.82) is 0 Å². The molecule has 1 saturated heterocycles. The number of nitrogens with one attached hydrogen (secondary N) is 2. The monoisotopic (exact) mass is 689 g/mol. The summed E-state index contributed by atoms with van der Waals surface area (Å²) in [5, 5.41) is 21.0. The Bertz CT molecular complexity index is 1740. The number of benzene rings is 1. The number of aliphatic carboxylic acids is 1. The van der Waals surface area contributed by atoms with Gasteiger partial charge < -0.3 is 34.9 Å². The Hall–Kier alpha value is -4.69. The average molecular weight is 690 g/mol. The largest absolute Gasteiger partial charge is 0.496 e. The van der Waals surface area contributed by atoms with Gasteiger partial charge >= 0.3 is 12.0 Å². The van der Waals surface area contributed by atoms with Crippen molar-refractivity contribution in [2.75, 3.05) is 60.2 Å². The summed E-state index contributed by atoms with van der Waals surface area (Å²) in [5.41, 5.74) is 1.67. The molecule has 1 saturated carbocycles. The predicted molar refractivity (Wildman–Crippen MR) is 186 cm³/mol. The van der Waals surface area contributed by atoms with Crippen molar-refractivity contribution in [3.63, 3.8) is 0 Å². The highest BCUT2D eigenvalue weighted by Gasteiger charge is 2.60. The molecule has 0 bridgehead atoms. The molecule has 268 valence electrons. The van der Waals surface area contributed by atoms with Gasteiger partial charge in [-0.15, -0.1) is 0 Å². The molecule has 0 radical (unpaired) electrons. The van der Waals surface area contributed by atoms with Crippen molar-refractivity contribution in [1.82, 2.24) is 35.2 Å². The number of morpholine rings is 1. The third kappa shape index (κ3) is 7.86. The van der Waals surface area contributed by atoms with Crippen LogP contribution in [0.5, 0.6) is 11.5 Å². The van der Waals surface area contributed by atoms with Crippen molar-refractivity contribution >= 4 is 28.8 Å². The molecule has 1 aliphatic carbocycles. The summed E-state index contributed by atoms with van der Waals surface area (Å²) < 4.78 is 19.3. The zero-order chi connectivity index (χ0) is 35.3. The Balaban J connectivity index is 1.22. The number of methoxy groups -OCH3 is 1. The van der Waals surface area contributed by atoms with Crippen LogP contribution < -0.4 is 20.1 Å². The van der Waals surface area contributed by atoms with Gasteiger partial charge in [0.2, 0.25) is 5.91 Å². The lowest BCUT2D eigenvalue weighted by atomic mass is 10.1. The van der Waals surface area contributed by atoms with Crippen LogP contribution in [0.1, 0.15) is 37.7 Å². The number of fused-ring (bicyclic) bond motifs is 2. The first-order valence-electron chi connectivity index (χ1n) is 17.4. The number of carboxylic acid groups (broad SMARTS) is 1. The van der Waals surface area contributed by atoms with E-state index >= 15 is 0 Å². The van der Waals surface area contributed by atoms with Gasteiger partial charge in [-0.2, -0.15) is 5.10 Å². The number of aryl methyl sites for hydroxylation is 1. The van der Waals surface area contributed by atoms with Gasteiger partial charge in [0, 0.05) is 74.3 Å². The molecule has 2 aliphatic heterocycles. The van der Waals surface area contributed by atoms with Crippen LogP contribution in [0.15, 0.2) is 42.7 Å². The van der Waals surface area contributed by atoms with E-state index in [0.29, 0.717) is 35.7 Å². The van der Waals surface area contributed by atoms with E-state index in [-0.39, 0.29) is 18.9 Å². The quantitative estimate of drug-likeness (QED) is 0.270. The second-order valence-corrected chi connectivity index (χ2v) is 13.3. The molecule has 6 rings (SSSR count). The minimum atomic E-state index is -1.38. The SMILES string of the molecule is COc1ccc2c(OCCC3NC(=O)N(C)CCCCC=CC4CC4(C(=O)O)NC3=O)cc(-c3cnn(CCN4CCOCC4)c3)nc2c1C. The first-order chi connectivity index (χ1) is 24.2. The number of nitrogens with zero attached hydrogens (tertiary/aromatic N) is 5. The highest BCUT2D eigenvalue weighted by molar-refractivity contribution is 5.94. The summed E-state index contributed by atoms with van der Waals surface area (Å²) in [6.07, 6.45) is 10.5. The lowest BCUT2D eigenvalue weighted by Gasteiger charge is -2.26. The lowest BCUT2D eigenvalue weighted by molar-refractivity contribution is -0.143. The number of amides is 3. The van der Waals surface area contributed by atoms with Crippen molar-refractivity contribution in [3.8, 4) is 22.8 Å². The van der Waals surface area contributed by atoms with E-state index in [9.17, 15) is 19.5 Å². The molecule has 4 heterocycles. The first-order valence-corrected chi connectivity index (χ1v) is 17.4. The molecule has 0 spiro atoms. The Morgan fingerprint density at radius 1 is 1.14 bits per heavy atom. The second-order valence-electron chi connectivity index (χ2n) is 13.3. The number of rotatable bonds is 10. The van der Waals surface area contributed by atoms with Gasteiger partial charge in [0.25, 0.3) is 0 Å².